The fraction of sp³-hybridized carbons (Fsp3) is 0.263. The largest absolute Gasteiger partial charge is 0.496 e. The number of benzene rings is 1. The second-order valence-electron chi connectivity index (χ2n) is 5.95. The summed E-state index contributed by atoms with van der Waals surface area (Å²) < 4.78 is 33.4. The molecule has 0 radical (unpaired) electrons. The molecule has 1 aromatic heterocycles. The number of sulfonamides is 1. The summed E-state index contributed by atoms with van der Waals surface area (Å²) in [5, 5.41) is 0. The summed E-state index contributed by atoms with van der Waals surface area (Å²) in [7, 11) is -2.06. The molecule has 0 saturated carbocycles. The van der Waals surface area contributed by atoms with Gasteiger partial charge < -0.3 is 14.6 Å². The van der Waals surface area contributed by atoms with Crippen molar-refractivity contribution in [1.29, 1.82) is 0 Å². The van der Waals surface area contributed by atoms with Gasteiger partial charge in [-0.3, -0.25) is 0 Å². The SMILES string of the molecule is CCN1C=CC(CNS(=O)(=O)c2ccc(OC)c(-c3ccc[nH]3)c2)=CC1. The molecule has 2 aromatic rings. The summed E-state index contributed by atoms with van der Waals surface area (Å²) in [6, 6.07) is 8.58. The van der Waals surface area contributed by atoms with Crippen molar-refractivity contribution in [2.75, 3.05) is 26.7 Å². The van der Waals surface area contributed by atoms with E-state index in [0.29, 0.717) is 11.3 Å². The molecule has 0 aliphatic carbocycles. The Labute approximate surface area is 154 Å². The van der Waals surface area contributed by atoms with Crippen molar-refractivity contribution in [3.8, 4) is 17.0 Å². The molecule has 3 rings (SSSR count). The number of rotatable bonds is 7. The van der Waals surface area contributed by atoms with Gasteiger partial charge in [0.15, 0.2) is 0 Å². The van der Waals surface area contributed by atoms with Crippen LogP contribution in [0.4, 0.5) is 0 Å². The molecule has 1 aliphatic heterocycles. The van der Waals surface area contributed by atoms with E-state index in [-0.39, 0.29) is 11.4 Å². The fourth-order valence-corrected chi connectivity index (χ4v) is 3.80. The number of aromatic nitrogens is 1. The molecule has 1 aromatic carbocycles. The summed E-state index contributed by atoms with van der Waals surface area (Å²) in [5.74, 6) is 0.615. The molecule has 6 nitrogen and oxygen atoms in total. The summed E-state index contributed by atoms with van der Waals surface area (Å²) in [4.78, 5) is 5.43. The summed E-state index contributed by atoms with van der Waals surface area (Å²) in [5.41, 5.74) is 2.46. The lowest BCUT2D eigenvalue weighted by Crippen LogP contribution is -2.27. The van der Waals surface area contributed by atoms with Crippen molar-refractivity contribution in [2.24, 2.45) is 0 Å². The number of likely N-dealkylation sites (N-methyl/N-ethyl adjacent to an activating group) is 1. The number of methoxy groups -OCH3 is 1. The Balaban J connectivity index is 1.78. The van der Waals surface area contributed by atoms with Crippen LogP contribution in [0.25, 0.3) is 11.3 Å². The van der Waals surface area contributed by atoms with Crippen molar-refractivity contribution in [2.45, 2.75) is 11.8 Å². The Morgan fingerprint density at radius 3 is 2.77 bits per heavy atom. The smallest absolute Gasteiger partial charge is 0.240 e. The Kier molecular flexibility index (Phi) is 5.49. The van der Waals surface area contributed by atoms with Gasteiger partial charge in [0.05, 0.1) is 12.0 Å². The van der Waals surface area contributed by atoms with Crippen molar-refractivity contribution in [3.63, 3.8) is 0 Å². The molecule has 0 fully saturated rings. The number of hydrogen-bond donors (Lipinski definition) is 2. The Bertz CT molecular complexity index is 916. The highest BCUT2D eigenvalue weighted by atomic mass is 32.2. The predicted molar refractivity (Wildman–Crippen MR) is 102 cm³/mol. The maximum atomic E-state index is 12.7. The standard InChI is InChI=1S/C19H23N3O3S/c1-3-22-11-8-15(9-12-22)14-21-26(23,24)16-6-7-19(25-2)17(13-16)18-5-4-10-20-18/h4-11,13,20-21H,3,12,14H2,1-2H3. The normalized spacial score (nSPS) is 14.4. The predicted octanol–water partition coefficient (Wildman–Crippen LogP) is 2.74. The van der Waals surface area contributed by atoms with Gasteiger partial charge in [-0.2, -0.15) is 0 Å². The lowest BCUT2D eigenvalue weighted by Gasteiger charge is -2.20. The van der Waals surface area contributed by atoms with Crippen LogP contribution < -0.4 is 9.46 Å². The number of H-pyrrole nitrogens is 1. The van der Waals surface area contributed by atoms with E-state index >= 15 is 0 Å². The first-order chi connectivity index (χ1) is 12.5. The minimum absolute atomic E-state index is 0.207. The van der Waals surface area contributed by atoms with Crippen LogP contribution in [0.3, 0.4) is 0 Å². The van der Waals surface area contributed by atoms with Crippen molar-refractivity contribution < 1.29 is 13.2 Å². The minimum Gasteiger partial charge on any atom is -0.496 e. The van der Waals surface area contributed by atoms with Crippen molar-refractivity contribution in [3.05, 3.63) is 60.5 Å². The highest BCUT2D eigenvalue weighted by molar-refractivity contribution is 7.89. The number of nitrogens with one attached hydrogen (secondary N) is 2. The highest BCUT2D eigenvalue weighted by Crippen LogP contribution is 2.31. The zero-order valence-corrected chi connectivity index (χ0v) is 15.7. The van der Waals surface area contributed by atoms with Crippen molar-refractivity contribution in [1.82, 2.24) is 14.6 Å². The van der Waals surface area contributed by atoms with Crippen LogP contribution >= 0.6 is 0 Å². The second kappa shape index (κ2) is 7.80. The zero-order chi connectivity index (χ0) is 18.6. The molecular formula is C19H23N3O3S. The summed E-state index contributed by atoms with van der Waals surface area (Å²) in [6.07, 6.45) is 7.74. The third-order valence-corrected chi connectivity index (χ3v) is 5.73. The maximum Gasteiger partial charge on any atom is 0.240 e. The van der Waals surface area contributed by atoms with Crippen LogP contribution in [0.2, 0.25) is 0 Å². The minimum atomic E-state index is -3.63. The van der Waals surface area contributed by atoms with Gasteiger partial charge in [0.2, 0.25) is 10.0 Å². The van der Waals surface area contributed by atoms with E-state index in [1.54, 1.807) is 31.5 Å². The fourth-order valence-electron chi connectivity index (χ4n) is 2.75. The molecule has 0 atom stereocenters. The maximum absolute atomic E-state index is 12.7. The summed E-state index contributed by atoms with van der Waals surface area (Å²) in [6.45, 7) is 4.07. The quantitative estimate of drug-likeness (QED) is 0.783. The van der Waals surface area contributed by atoms with Gasteiger partial charge in [0.25, 0.3) is 0 Å². The van der Waals surface area contributed by atoms with Crippen LogP contribution in [0.1, 0.15) is 6.92 Å². The van der Waals surface area contributed by atoms with E-state index in [1.807, 2.05) is 30.5 Å². The Morgan fingerprint density at radius 1 is 1.31 bits per heavy atom. The lowest BCUT2D eigenvalue weighted by molar-refractivity contribution is 0.416. The van der Waals surface area contributed by atoms with E-state index in [4.69, 9.17) is 4.74 Å². The van der Waals surface area contributed by atoms with Gasteiger partial charge in [-0.05, 0) is 55.1 Å². The topological polar surface area (TPSA) is 74.4 Å². The molecule has 138 valence electrons. The molecule has 7 heteroatoms. The number of nitrogens with zero attached hydrogens (tertiary/aromatic N) is 1. The summed E-state index contributed by atoms with van der Waals surface area (Å²) >= 11 is 0. The van der Waals surface area contributed by atoms with Crippen LogP contribution in [-0.2, 0) is 10.0 Å². The van der Waals surface area contributed by atoms with Gasteiger partial charge in [-0.25, -0.2) is 13.1 Å². The Hall–Kier alpha value is -2.51. The van der Waals surface area contributed by atoms with Gasteiger partial charge in [-0.1, -0.05) is 6.08 Å². The van der Waals surface area contributed by atoms with E-state index in [9.17, 15) is 8.42 Å². The highest BCUT2D eigenvalue weighted by Gasteiger charge is 2.18. The number of ether oxygens (including phenoxy) is 1. The molecule has 2 heterocycles. The first-order valence-corrected chi connectivity index (χ1v) is 9.94. The molecule has 0 amide bonds. The first kappa shape index (κ1) is 18.3. The first-order valence-electron chi connectivity index (χ1n) is 8.46. The van der Waals surface area contributed by atoms with E-state index < -0.39 is 10.0 Å². The Morgan fingerprint density at radius 2 is 2.15 bits per heavy atom. The third-order valence-electron chi connectivity index (χ3n) is 4.33. The molecule has 26 heavy (non-hydrogen) atoms. The molecule has 0 spiro atoms. The van der Waals surface area contributed by atoms with Crippen LogP contribution in [0.15, 0.2) is 65.3 Å². The second-order valence-corrected chi connectivity index (χ2v) is 7.72. The van der Waals surface area contributed by atoms with E-state index in [2.05, 4.69) is 21.5 Å². The lowest BCUT2D eigenvalue weighted by atomic mass is 10.1. The zero-order valence-electron chi connectivity index (χ0n) is 14.9. The van der Waals surface area contributed by atoms with Gasteiger partial charge in [-0.15, -0.1) is 0 Å². The molecule has 2 N–H and O–H groups in total. The number of hydrogen-bond acceptors (Lipinski definition) is 4. The monoisotopic (exact) mass is 373 g/mol. The van der Waals surface area contributed by atoms with E-state index in [1.165, 1.54) is 0 Å². The van der Waals surface area contributed by atoms with Crippen molar-refractivity contribution >= 4 is 10.0 Å². The van der Waals surface area contributed by atoms with E-state index in [0.717, 1.165) is 24.4 Å². The molecule has 0 unspecified atom stereocenters. The van der Waals surface area contributed by atoms with Crippen LogP contribution in [-0.4, -0.2) is 45.0 Å². The van der Waals surface area contributed by atoms with Gasteiger partial charge >= 0.3 is 0 Å². The molecular weight excluding hydrogens is 350 g/mol. The van der Waals surface area contributed by atoms with Crippen LogP contribution in [0, 0.1) is 0 Å². The third kappa shape index (κ3) is 4.00. The average Bonchev–Trinajstić information content (AvgIpc) is 3.21. The molecule has 1 aliphatic rings. The van der Waals surface area contributed by atoms with Gasteiger partial charge in [0, 0.05) is 37.1 Å². The molecule has 0 bridgehead atoms. The van der Waals surface area contributed by atoms with Gasteiger partial charge in [0.1, 0.15) is 5.75 Å². The molecule has 0 saturated heterocycles. The van der Waals surface area contributed by atoms with Crippen LogP contribution in [0.5, 0.6) is 5.75 Å². The number of aromatic amines is 1. The average molecular weight is 373 g/mol.